The monoisotopic (exact) mass is 375 g/mol. The smallest absolute Gasteiger partial charge is 0.208 e. The summed E-state index contributed by atoms with van der Waals surface area (Å²) in [6, 6.07) is 10.6. The number of hydrogen-bond donors (Lipinski definition) is 0. The molecule has 0 N–H and O–H groups in total. The summed E-state index contributed by atoms with van der Waals surface area (Å²) >= 11 is 6.30. The van der Waals surface area contributed by atoms with Crippen molar-refractivity contribution in [1.29, 1.82) is 0 Å². The lowest BCUT2D eigenvalue weighted by Crippen LogP contribution is -2.10. The quantitative estimate of drug-likeness (QED) is 0.535. The molecule has 0 amide bonds. The molecule has 0 aliphatic rings. The van der Waals surface area contributed by atoms with Gasteiger partial charge in [0.25, 0.3) is 0 Å². The molecule has 0 unspecified atom stereocenters. The Morgan fingerprint density at radius 2 is 1.62 bits per heavy atom. The van der Waals surface area contributed by atoms with Gasteiger partial charge in [0.1, 0.15) is 17.2 Å². The molecule has 2 rings (SSSR count). The van der Waals surface area contributed by atoms with Crippen molar-refractivity contribution >= 4 is 29.1 Å². The minimum Gasteiger partial charge on any atom is -0.497 e. The predicted molar refractivity (Wildman–Crippen MR) is 105 cm³/mol. The number of halogens is 1. The summed E-state index contributed by atoms with van der Waals surface area (Å²) in [6.07, 6.45) is 1.62. The lowest BCUT2D eigenvalue weighted by Gasteiger charge is -2.17. The number of nitrogens with zero attached hydrogens (tertiary/aromatic N) is 1. The van der Waals surface area contributed by atoms with Gasteiger partial charge in [-0.1, -0.05) is 17.7 Å². The minimum absolute atomic E-state index is 0.0754. The van der Waals surface area contributed by atoms with E-state index in [4.69, 9.17) is 25.8 Å². The van der Waals surface area contributed by atoms with Gasteiger partial charge in [0.15, 0.2) is 0 Å². The van der Waals surface area contributed by atoms with Gasteiger partial charge >= 0.3 is 0 Å². The minimum atomic E-state index is -0.343. The Hall–Kier alpha value is -2.66. The summed E-state index contributed by atoms with van der Waals surface area (Å²) in [7, 11) is 8.48. The second kappa shape index (κ2) is 8.63. The summed E-state index contributed by atoms with van der Waals surface area (Å²) < 4.78 is 15.8. The van der Waals surface area contributed by atoms with Crippen molar-refractivity contribution in [3.63, 3.8) is 0 Å². The van der Waals surface area contributed by atoms with Crippen LogP contribution < -0.4 is 19.1 Å². The van der Waals surface area contributed by atoms with Crippen LogP contribution in [0.25, 0.3) is 6.08 Å². The molecule has 2 aromatic carbocycles. The molecule has 0 aliphatic heterocycles. The highest BCUT2D eigenvalue weighted by Gasteiger charge is 2.17. The van der Waals surface area contributed by atoms with E-state index < -0.39 is 0 Å². The fourth-order valence-corrected chi connectivity index (χ4v) is 2.71. The topological polar surface area (TPSA) is 48.0 Å². The zero-order valence-corrected chi connectivity index (χ0v) is 16.3. The van der Waals surface area contributed by atoms with E-state index in [-0.39, 0.29) is 10.8 Å². The molecular weight excluding hydrogens is 354 g/mol. The average Bonchev–Trinajstić information content (AvgIpc) is 2.66. The van der Waals surface area contributed by atoms with Gasteiger partial charge in [-0.15, -0.1) is 0 Å². The Labute approximate surface area is 158 Å². The van der Waals surface area contributed by atoms with Crippen LogP contribution in [0.15, 0.2) is 41.4 Å². The first-order valence-corrected chi connectivity index (χ1v) is 8.28. The summed E-state index contributed by atoms with van der Waals surface area (Å²) in [5.74, 6) is 1.39. The van der Waals surface area contributed by atoms with Crippen molar-refractivity contribution in [3.8, 4) is 17.2 Å². The Balaban J connectivity index is 2.41. The van der Waals surface area contributed by atoms with Gasteiger partial charge in [0.05, 0.1) is 37.6 Å². The fourth-order valence-electron chi connectivity index (χ4n) is 2.48. The number of ketones is 1. The standard InChI is InChI=1S/C20H22ClNO4/c1-22(2)17-11-13(6-8-19(17)26-5)10-16(21)20(23)15-12-14(24-3)7-9-18(15)25-4/h6-12H,1-5H3. The summed E-state index contributed by atoms with van der Waals surface area (Å²) in [5, 5.41) is 0.0754. The van der Waals surface area contributed by atoms with E-state index in [0.717, 1.165) is 17.0 Å². The number of Topliss-reactive ketones (excluding diaryl/α,β-unsaturated/α-hetero) is 1. The molecule has 26 heavy (non-hydrogen) atoms. The lowest BCUT2D eigenvalue weighted by atomic mass is 10.1. The van der Waals surface area contributed by atoms with Gasteiger partial charge in [-0.3, -0.25) is 4.79 Å². The molecule has 0 radical (unpaired) electrons. The van der Waals surface area contributed by atoms with Crippen molar-refractivity contribution in [2.24, 2.45) is 0 Å². The van der Waals surface area contributed by atoms with Crippen molar-refractivity contribution in [2.75, 3.05) is 40.3 Å². The number of anilines is 1. The van der Waals surface area contributed by atoms with E-state index in [1.54, 1.807) is 31.4 Å². The molecule has 0 heterocycles. The molecular formula is C20H22ClNO4. The van der Waals surface area contributed by atoms with Crippen LogP contribution in [0.5, 0.6) is 17.2 Å². The number of ether oxygens (including phenoxy) is 3. The number of allylic oxidation sites excluding steroid dienone is 1. The van der Waals surface area contributed by atoms with E-state index in [1.807, 2.05) is 37.2 Å². The molecule has 0 aliphatic carbocycles. The van der Waals surface area contributed by atoms with Crippen molar-refractivity contribution < 1.29 is 19.0 Å². The van der Waals surface area contributed by atoms with Gasteiger partial charge < -0.3 is 19.1 Å². The van der Waals surface area contributed by atoms with Gasteiger partial charge in [-0.05, 0) is 42.0 Å². The largest absolute Gasteiger partial charge is 0.497 e. The van der Waals surface area contributed by atoms with Crippen LogP contribution in [-0.2, 0) is 0 Å². The number of carbonyl (C=O) groups is 1. The van der Waals surface area contributed by atoms with Crippen LogP contribution in [0.1, 0.15) is 15.9 Å². The van der Waals surface area contributed by atoms with Crippen molar-refractivity contribution in [1.82, 2.24) is 0 Å². The summed E-state index contributed by atoms with van der Waals surface area (Å²) in [4.78, 5) is 14.7. The molecule has 0 atom stereocenters. The van der Waals surface area contributed by atoms with Crippen LogP contribution in [-0.4, -0.2) is 41.2 Å². The molecule has 6 heteroatoms. The maximum Gasteiger partial charge on any atom is 0.208 e. The van der Waals surface area contributed by atoms with E-state index in [2.05, 4.69) is 0 Å². The number of benzene rings is 2. The third kappa shape index (κ3) is 4.29. The fraction of sp³-hybridized carbons (Fsp3) is 0.250. The molecule has 0 aromatic heterocycles. The van der Waals surface area contributed by atoms with Crippen molar-refractivity contribution in [3.05, 3.63) is 52.6 Å². The molecule has 2 aromatic rings. The molecule has 0 fully saturated rings. The van der Waals surface area contributed by atoms with E-state index >= 15 is 0 Å². The van der Waals surface area contributed by atoms with Gasteiger partial charge in [-0.2, -0.15) is 0 Å². The third-order valence-electron chi connectivity index (χ3n) is 3.85. The van der Waals surface area contributed by atoms with E-state index in [9.17, 15) is 4.79 Å². The summed E-state index contributed by atoms with van der Waals surface area (Å²) in [5.41, 5.74) is 2.02. The second-order valence-corrected chi connectivity index (χ2v) is 6.12. The third-order valence-corrected chi connectivity index (χ3v) is 4.13. The Bertz CT molecular complexity index is 831. The van der Waals surface area contributed by atoms with Gasteiger partial charge in [0, 0.05) is 14.1 Å². The van der Waals surface area contributed by atoms with Crippen LogP contribution >= 0.6 is 11.6 Å². The summed E-state index contributed by atoms with van der Waals surface area (Å²) in [6.45, 7) is 0. The molecule has 138 valence electrons. The van der Waals surface area contributed by atoms with Crippen LogP contribution in [0, 0.1) is 0 Å². The number of methoxy groups -OCH3 is 3. The molecule has 0 saturated heterocycles. The first kappa shape index (κ1) is 19.7. The molecule has 0 saturated carbocycles. The maximum absolute atomic E-state index is 12.8. The Morgan fingerprint density at radius 3 is 2.19 bits per heavy atom. The zero-order chi connectivity index (χ0) is 19.3. The highest BCUT2D eigenvalue weighted by molar-refractivity contribution is 6.47. The van der Waals surface area contributed by atoms with Gasteiger partial charge in [0.2, 0.25) is 5.78 Å². The zero-order valence-electron chi connectivity index (χ0n) is 15.5. The van der Waals surface area contributed by atoms with Crippen LogP contribution in [0.2, 0.25) is 0 Å². The van der Waals surface area contributed by atoms with Crippen LogP contribution in [0.4, 0.5) is 5.69 Å². The van der Waals surface area contributed by atoms with Crippen LogP contribution in [0.3, 0.4) is 0 Å². The Kier molecular flexibility index (Phi) is 6.52. The lowest BCUT2D eigenvalue weighted by molar-refractivity contribution is 0.104. The molecule has 5 nitrogen and oxygen atoms in total. The first-order valence-electron chi connectivity index (χ1n) is 7.90. The maximum atomic E-state index is 12.8. The van der Waals surface area contributed by atoms with E-state index in [1.165, 1.54) is 14.2 Å². The molecule has 0 spiro atoms. The highest BCUT2D eigenvalue weighted by Crippen LogP contribution is 2.31. The SMILES string of the molecule is COc1ccc(OC)c(C(=O)C(Cl)=Cc2ccc(OC)c(N(C)C)c2)c1. The number of rotatable bonds is 7. The molecule has 0 bridgehead atoms. The first-order chi connectivity index (χ1) is 12.4. The second-order valence-electron chi connectivity index (χ2n) is 5.71. The number of carbonyl (C=O) groups excluding carboxylic acids is 1. The van der Waals surface area contributed by atoms with E-state index in [0.29, 0.717) is 17.1 Å². The Morgan fingerprint density at radius 1 is 0.962 bits per heavy atom. The highest BCUT2D eigenvalue weighted by atomic mass is 35.5. The predicted octanol–water partition coefficient (Wildman–Crippen LogP) is 4.24. The number of hydrogen-bond acceptors (Lipinski definition) is 5. The average molecular weight is 376 g/mol. The van der Waals surface area contributed by atoms with Gasteiger partial charge in [-0.25, -0.2) is 0 Å². The normalized spacial score (nSPS) is 11.1. The van der Waals surface area contributed by atoms with Crippen molar-refractivity contribution in [2.45, 2.75) is 0 Å².